The monoisotopic (exact) mass is 155 g/mol. The Kier molecular flexibility index (Phi) is 5.13. The van der Waals surface area contributed by atoms with Crippen molar-refractivity contribution in [1.82, 2.24) is 4.90 Å². The fourth-order valence-corrected chi connectivity index (χ4v) is 0.710. The van der Waals surface area contributed by atoms with Crippen LogP contribution >= 0.6 is 0 Å². The molecule has 1 atom stereocenters. The van der Waals surface area contributed by atoms with Crippen LogP contribution in [0.15, 0.2) is 0 Å². The first-order chi connectivity index (χ1) is 5.26. The number of hydrogen-bond acceptors (Lipinski definition) is 3. The quantitative estimate of drug-likeness (QED) is 0.450. The van der Waals surface area contributed by atoms with Gasteiger partial charge in [0.2, 0.25) is 6.41 Å². The maximum Gasteiger partial charge on any atom is 0.210 e. The maximum absolute atomic E-state index is 10.3. The van der Waals surface area contributed by atoms with Crippen LogP contribution in [-0.2, 0) is 4.79 Å². The second kappa shape index (κ2) is 5.69. The summed E-state index contributed by atoms with van der Waals surface area (Å²) in [4.78, 5) is 11.8. The Labute approximate surface area is 66.6 Å². The largest absolute Gasteiger partial charge is 0.329 e. The summed E-state index contributed by atoms with van der Waals surface area (Å²) >= 11 is 0. The number of nitriles is 1. The topological polar surface area (TPSA) is 70.1 Å². The number of nitrogens with two attached hydrogens (primary N) is 1. The van der Waals surface area contributed by atoms with Crippen LogP contribution in [0.5, 0.6) is 0 Å². The molecule has 62 valence electrons. The van der Waals surface area contributed by atoms with Crippen LogP contribution in [0.4, 0.5) is 0 Å². The van der Waals surface area contributed by atoms with Crippen LogP contribution in [0.3, 0.4) is 0 Å². The molecule has 4 nitrogen and oxygen atoms in total. The van der Waals surface area contributed by atoms with Gasteiger partial charge in [-0.2, -0.15) is 5.26 Å². The molecule has 0 saturated heterocycles. The van der Waals surface area contributed by atoms with Crippen molar-refractivity contribution in [3.05, 3.63) is 0 Å². The van der Waals surface area contributed by atoms with Crippen molar-refractivity contribution in [3.63, 3.8) is 0 Å². The van der Waals surface area contributed by atoms with Gasteiger partial charge in [0.1, 0.15) is 0 Å². The van der Waals surface area contributed by atoms with E-state index in [1.54, 1.807) is 0 Å². The molecule has 0 bridgehead atoms. The summed E-state index contributed by atoms with van der Waals surface area (Å²) in [6.45, 7) is 2.32. The minimum Gasteiger partial charge on any atom is -0.329 e. The fourth-order valence-electron chi connectivity index (χ4n) is 0.710. The molecule has 4 heteroatoms. The molecule has 0 fully saturated rings. The Morgan fingerprint density at radius 3 is 2.82 bits per heavy atom. The minimum absolute atomic E-state index is 0.249. The molecule has 0 aromatic carbocycles. The SMILES string of the molecule is CCC(N)N(C=O)CCC#N. The van der Waals surface area contributed by atoms with Gasteiger partial charge in [-0.1, -0.05) is 6.92 Å². The molecule has 0 rings (SSSR count). The van der Waals surface area contributed by atoms with Crippen LogP contribution in [0, 0.1) is 11.3 Å². The highest BCUT2D eigenvalue weighted by molar-refractivity contribution is 5.47. The van der Waals surface area contributed by atoms with Gasteiger partial charge in [0, 0.05) is 6.54 Å². The maximum atomic E-state index is 10.3. The van der Waals surface area contributed by atoms with Crippen LogP contribution in [0.25, 0.3) is 0 Å². The van der Waals surface area contributed by atoms with Crippen LogP contribution in [-0.4, -0.2) is 24.0 Å². The van der Waals surface area contributed by atoms with Gasteiger partial charge in [0.25, 0.3) is 0 Å². The molecular weight excluding hydrogens is 142 g/mol. The number of carbonyl (C=O) groups is 1. The molecule has 0 saturated carbocycles. The Morgan fingerprint density at radius 2 is 2.45 bits per heavy atom. The highest BCUT2D eigenvalue weighted by Gasteiger charge is 2.07. The summed E-state index contributed by atoms with van der Waals surface area (Å²) in [5.41, 5.74) is 5.55. The smallest absolute Gasteiger partial charge is 0.210 e. The number of amides is 1. The molecule has 0 spiro atoms. The summed E-state index contributed by atoms with van der Waals surface area (Å²) in [7, 11) is 0. The van der Waals surface area contributed by atoms with Crippen LogP contribution in [0.2, 0.25) is 0 Å². The van der Waals surface area contributed by atoms with E-state index in [9.17, 15) is 4.79 Å². The van der Waals surface area contributed by atoms with Crippen molar-refractivity contribution < 1.29 is 4.79 Å². The number of nitrogens with zero attached hydrogens (tertiary/aromatic N) is 2. The van der Waals surface area contributed by atoms with Crippen LogP contribution in [0.1, 0.15) is 19.8 Å². The van der Waals surface area contributed by atoms with E-state index in [1.807, 2.05) is 13.0 Å². The van der Waals surface area contributed by atoms with Gasteiger partial charge in [0.15, 0.2) is 0 Å². The van der Waals surface area contributed by atoms with Gasteiger partial charge in [0.05, 0.1) is 18.7 Å². The summed E-state index contributed by atoms with van der Waals surface area (Å²) in [6, 6.07) is 1.96. The highest BCUT2D eigenvalue weighted by Crippen LogP contribution is 1.95. The third kappa shape index (κ3) is 3.58. The summed E-state index contributed by atoms with van der Waals surface area (Å²) in [5, 5.41) is 8.23. The van der Waals surface area contributed by atoms with Gasteiger partial charge in [-0.3, -0.25) is 4.79 Å². The number of carbonyl (C=O) groups excluding carboxylic acids is 1. The lowest BCUT2D eigenvalue weighted by Crippen LogP contribution is -2.40. The van der Waals surface area contributed by atoms with Crippen molar-refractivity contribution in [2.75, 3.05) is 6.54 Å². The van der Waals surface area contributed by atoms with E-state index in [0.717, 1.165) is 0 Å². The fraction of sp³-hybridized carbons (Fsp3) is 0.714. The molecule has 0 radical (unpaired) electrons. The second-order valence-corrected chi connectivity index (χ2v) is 2.23. The number of hydrogen-bond donors (Lipinski definition) is 1. The summed E-state index contributed by atoms with van der Waals surface area (Å²) < 4.78 is 0. The van der Waals surface area contributed by atoms with E-state index in [-0.39, 0.29) is 6.17 Å². The zero-order chi connectivity index (χ0) is 8.69. The molecule has 0 aromatic rings. The highest BCUT2D eigenvalue weighted by atomic mass is 16.1. The first kappa shape index (κ1) is 9.92. The van der Waals surface area contributed by atoms with Gasteiger partial charge in [-0.25, -0.2) is 0 Å². The molecule has 2 N–H and O–H groups in total. The predicted octanol–water partition coefficient (Wildman–Crippen LogP) is 0.0533. The van der Waals surface area contributed by atoms with Gasteiger partial charge in [-0.15, -0.1) is 0 Å². The lowest BCUT2D eigenvalue weighted by Gasteiger charge is -2.22. The zero-order valence-electron chi connectivity index (χ0n) is 6.66. The molecule has 0 aliphatic carbocycles. The first-order valence-electron chi connectivity index (χ1n) is 3.59. The molecule has 1 unspecified atom stereocenters. The Bertz CT molecular complexity index is 152. The van der Waals surface area contributed by atoms with Gasteiger partial charge in [-0.05, 0) is 6.42 Å². The van der Waals surface area contributed by atoms with Gasteiger partial charge >= 0.3 is 0 Å². The summed E-state index contributed by atoms with van der Waals surface area (Å²) in [5.74, 6) is 0. The molecule has 0 heterocycles. The standard InChI is InChI=1S/C7H13N3O/c1-2-7(9)10(6-11)5-3-4-8/h6-7H,2-3,5,9H2,1H3. The van der Waals surface area contributed by atoms with E-state index < -0.39 is 0 Å². The molecule has 1 amide bonds. The molecule has 11 heavy (non-hydrogen) atoms. The van der Waals surface area contributed by atoms with E-state index in [2.05, 4.69) is 0 Å². The van der Waals surface area contributed by atoms with Crippen molar-refractivity contribution in [2.45, 2.75) is 25.9 Å². The van der Waals surface area contributed by atoms with Crippen molar-refractivity contribution >= 4 is 6.41 Å². The minimum atomic E-state index is -0.249. The van der Waals surface area contributed by atoms with E-state index in [1.165, 1.54) is 4.90 Å². The van der Waals surface area contributed by atoms with Crippen LogP contribution < -0.4 is 5.73 Å². The van der Waals surface area contributed by atoms with Crippen molar-refractivity contribution in [3.8, 4) is 6.07 Å². The second-order valence-electron chi connectivity index (χ2n) is 2.23. The van der Waals surface area contributed by atoms with Crippen molar-refractivity contribution in [1.29, 1.82) is 5.26 Å². The first-order valence-corrected chi connectivity index (χ1v) is 3.59. The predicted molar refractivity (Wildman–Crippen MR) is 41.3 cm³/mol. The molecular formula is C7H13N3O. The normalized spacial score (nSPS) is 11.7. The van der Waals surface area contributed by atoms with E-state index >= 15 is 0 Å². The average molecular weight is 155 g/mol. The third-order valence-electron chi connectivity index (χ3n) is 1.46. The van der Waals surface area contributed by atoms with Gasteiger partial charge < -0.3 is 10.6 Å². The summed E-state index contributed by atoms with van der Waals surface area (Å²) in [6.07, 6.45) is 1.49. The lowest BCUT2D eigenvalue weighted by atomic mass is 10.3. The number of rotatable bonds is 5. The Balaban J connectivity index is 3.76. The Morgan fingerprint density at radius 1 is 1.82 bits per heavy atom. The Hall–Kier alpha value is -1.08. The third-order valence-corrected chi connectivity index (χ3v) is 1.46. The lowest BCUT2D eigenvalue weighted by molar-refractivity contribution is -0.120. The molecule has 0 aliphatic rings. The molecule has 0 aliphatic heterocycles. The van der Waals surface area contributed by atoms with Crippen molar-refractivity contribution in [2.24, 2.45) is 5.73 Å². The van der Waals surface area contributed by atoms with E-state index in [4.69, 9.17) is 11.0 Å². The average Bonchev–Trinajstić information content (AvgIpc) is 2.05. The van der Waals surface area contributed by atoms with E-state index in [0.29, 0.717) is 25.8 Å². The molecule has 0 aromatic heterocycles. The zero-order valence-corrected chi connectivity index (χ0v) is 6.66.